The summed E-state index contributed by atoms with van der Waals surface area (Å²) >= 11 is 0. The molecule has 1 aliphatic heterocycles. The highest BCUT2D eigenvalue weighted by molar-refractivity contribution is 5.95. The zero-order valence-corrected chi connectivity index (χ0v) is 12.3. The maximum absolute atomic E-state index is 10.4. The second-order valence-electron chi connectivity index (χ2n) is 5.95. The van der Waals surface area contributed by atoms with Crippen molar-refractivity contribution in [2.75, 3.05) is 6.61 Å². The summed E-state index contributed by atoms with van der Waals surface area (Å²) in [5, 5.41) is 10.4. The topological polar surface area (TPSA) is 41.8 Å². The highest BCUT2D eigenvalue weighted by Gasteiger charge is 2.27. The molecule has 1 aliphatic rings. The van der Waals surface area contributed by atoms with Gasteiger partial charge in [0.1, 0.15) is 12.7 Å². The molecule has 2 aromatic rings. The Morgan fingerprint density at radius 2 is 1.62 bits per heavy atom. The van der Waals surface area contributed by atoms with Gasteiger partial charge in [-0.25, -0.2) is 4.99 Å². The van der Waals surface area contributed by atoms with Crippen molar-refractivity contribution in [1.82, 2.24) is 0 Å². The predicted octanol–water partition coefficient (Wildman–Crippen LogP) is 3.32. The summed E-state index contributed by atoms with van der Waals surface area (Å²) in [7, 11) is 0. The fourth-order valence-corrected chi connectivity index (χ4v) is 2.37. The Kier molecular flexibility index (Phi) is 3.52. The molecule has 3 heteroatoms. The lowest BCUT2D eigenvalue weighted by atomic mass is 10.0. The molecule has 0 saturated heterocycles. The Morgan fingerprint density at radius 1 is 1.00 bits per heavy atom. The summed E-state index contributed by atoms with van der Waals surface area (Å²) in [4.78, 5) is 4.56. The Hall–Kier alpha value is -2.13. The molecule has 0 radical (unpaired) electrons. The molecule has 0 aliphatic carbocycles. The van der Waals surface area contributed by atoms with E-state index in [1.54, 1.807) is 0 Å². The van der Waals surface area contributed by atoms with Crippen molar-refractivity contribution < 1.29 is 9.84 Å². The van der Waals surface area contributed by atoms with Gasteiger partial charge in [0.15, 0.2) is 0 Å². The van der Waals surface area contributed by atoms with E-state index in [-0.39, 0.29) is 5.54 Å². The maximum Gasteiger partial charge on any atom is 0.216 e. The van der Waals surface area contributed by atoms with Crippen molar-refractivity contribution >= 4 is 5.90 Å². The van der Waals surface area contributed by atoms with E-state index >= 15 is 0 Å². The number of ether oxygens (including phenoxy) is 1. The standard InChI is InChI=1S/C18H19NO2/c1-18(2)12-21-17(19-18)15-10-8-14(9-11-15)16(20)13-6-4-3-5-7-13/h3-11,16,20H,12H2,1-2H3. The van der Waals surface area contributed by atoms with E-state index in [1.165, 1.54) is 0 Å². The first-order chi connectivity index (χ1) is 10.1. The second kappa shape index (κ2) is 5.34. The van der Waals surface area contributed by atoms with Gasteiger partial charge in [0.25, 0.3) is 0 Å². The van der Waals surface area contributed by atoms with Gasteiger partial charge in [-0.3, -0.25) is 0 Å². The normalized spacial score (nSPS) is 18.0. The lowest BCUT2D eigenvalue weighted by Gasteiger charge is -2.12. The first-order valence-corrected chi connectivity index (χ1v) is 7.11. The van der Waals surface area contributed by atoms with Crippen molar-refractivity contribution in [3.63, 3.8) is 0 Å². The average Bonchev–Trinajstić information content (AvgIpc) is 2.88. The number of hydrogen-bond acceptors (Lipinski definition) is 3. The number of benzene rings is 2. The molecular formula is C18H19NO2. The Balaban J connectivity index is 1.82. The van der Waals surface area contributed by atoms with Crippen molar-refractivity contribution in [2.24, 2.45) is 4.99 Å². The van der Waals surface area contributed by atoms with Crippen LogP contribution >= 0.6 is 0 Å². The van der Waals surface area contributed by atoms with Gasteiger partial charge in [-0.05, 0) is 37.1 Å². The van der Waals surface area contributed by atoms with E-state index < -0.39 is 6.10 Å². The molecule has 1 unspecified atom stereocenters. The molecule has 0 fully saturated rings. The Bertz CT molecular complexity index is 645. The highest BCUT2D eigenvalue weighted by atomic mass is 16.5. The van der Waals surface area contributed by atoms with Crippen molar-refractivity contribution in [2.45, 2.75) is 25.5 Å². The number of aliphatic hydroxyl groups is 1. The number of aliphatic imine (C=N–C) groups is 1. The van der Waals surface area contributed by atoms with Gasteiger partial charge >= 0.3 is 0 Å². The summed E-state index contributed by atoms with van der Waals surface area (Å²) in [5.74, 6) is 0.681. The van der Waals surface area contributed by atoms with Gasteiger partial charge in [0.2, 0.25) is 5.90 Å². The summed E-state index contributed by atoms with van der Waals surface area (Å²) < 4.78 is 5.63. The largest absolute Gasteiger partial charge is 0.475 e. The minimum Gasteiger partial charge on any atom is -0.475 e. The van der Waals surface area contributed by atoms with Crippen LogP contribution in [0, 0.1) is 0 Å². The van der Waals surface area contributed by atoms with Crippen molar-refractivity contribution in [3.05, 3.63) is 71.3 Å². The van der Waals surface area contributed by atoms with Gasteiger partial charge in [-0.15, -0.1) is 0 Å². The summed E-state index contributed by atoms with van der Waals surface area (Å²) in [6.07, 6.45) is -0.608. The van der Waals surface area contributed by atoms with E-state index in [0.717, 1.165) is 16.7 Å². The molecule has 0 saturated carbocycles. The monoisotopic (exact) mass is 281 g/mol. The molecule has 1 atom stereocenters. The SMILES string of the molecule is CC1(C)COC(c2ccc(C(O)c3ccccc3)cc2)=N1. The van der Waals surface area contributed by atoms with Crippen LogP contribution in [0.1, 0.15) is 36.6 Å². The Morgan fingerprint density at radius 3 is 2.19 bits per heavy atom. The van der Waals surface area contributed by atoms with Crippen LogP contribution in [0.5, 0.6) is 0 Å². The fraction of sp³-hybridized carbons (Fsp3) is 0.278. The molecule has 3 nitrogen and oxygen atoms in total. The quantitative estimate of drug-likeness (QED) is 0.937. The van der Waals surface area contributed by atoms with Crippen molar-refractivity contribution in [1.29, 1.82) is 0 Å². The first kappa shape index (κ1) is 13.8. The molecule has 108 valence electrons. The zero-order valence-electron chi connectivity index (χ0n) is 12.3. The zero-order chi connectivity index (χ0) is 14.9. The third-order valence-electron chi connectivity index (χ3n) is 3.56. The fourth-order valence-electron chi connectivity index (χ4n) is 2.37. The van der Waals surface area contributed by atoms with Crippen LogP contribution in [-0.2, 0) is 4.74 Å². The van der Waals surface area contributed by atoms with E-state index in [0.29, 0.717) is 12.5 Å². The number of hydrogen-bond donors (Lipinski definition) is 1. The number of aliphatic hydroxyl groups excluding tert-OH is 1. The molecule has 0 amide bonds. The van der Waals surface area contributed by atoms with Crippen LogP contribution in [0.25, 0.3) is 0 Å². The number of rotatable bonds is 3. The average molecular weight is 281 g/mol. The van der Waals surface area contributed by atoms with E-state index in [1.807, 2.05) is 68.4 Å². The van der Waals surface area contributed by atoms with Crippen LogP contribution in [0.15, 0.2) is 59.6 Å². The lowest BCUT2D eigenvalue weighted by Crippen LogP contribution is -2.17. The minimum absolute atomic E-state index is 0.155. The molecular weight excluding hydrogens is 262 g/mol. The van der Waals surface area contributed by atoms with Crippen LogP contribution in [-0.4, -0.2) is 23.2 Å². The molecule has 21 heavy (non-hydrogen) atoms. The van der Waals surface area contributed by atoms with Gasteiger partial charge in [-0.2, -0.15) is 0 Å². The van der Waals surface area contributed by atoms with Crippen LogP contribution in [0.2, 0.25) is 0 Å². The third kappa shape index (κ3) is 2.98. The van der Waals surface area contributed by atoms with Gasteiger partial charge in [-0.1, -0.05) is 42.5 Å². The molecule has 0 aromatic heterocycles. The predicted molar refractivity (Wildman–Crippen MR) is 83.5 cm³/mol. The molecule has 0 bridgehead atoms. The van der Waals surface area contributed by atoms with Gasteiger partial charge < -0.3 is 9.84 Å². The summed E-state index contributed by atoms with van der Waals surface area (Å²) in [6, 6.07) is 17.4. The molecule has 0 spiro atoms. The highest BCUT2D eigenvalue weighted by Crippen LogP contribution is 2.24. The molecule has 3 rings (SSSR count). The first-order valence-electron chi connectivity index (χ1n) is 7.11. The van der Waals surface area contributed by atoms with E-state index in [2.05, 4.69) is 4.99 Å². The van der Waals surface area contributed by atoms with Crippen LogP contribution in [0.4, 0.5) is 0 Å². The van der Waals surface area contributed by atoms with Gasteiger partial charge in [0, 0.05) is 5.56 Å². The minimum atomic E-state index is -0.608. The van der Waals surface area contributed by atoms with Crippen LogP contribution in [0.3, 0.4) is 0 Å². The third-order valence-corrected chi connectivity index (χ3v) is 3.56. The second-order valence-corrected chi connectivity index (χ2v) is 5.95. The van der Waals surface area contributed by atoms with E-state index in [4.69, 9.17) is 4.74 Å². The molecule has 2 aromatic carbocycles. The van der Waals surface area contributed by atoms with Crippen LogP contribution < -0.4 is 0 Å². The number of nitrogens with zero attached hydrogens (tertiary/aromatic N) is 1. The molecule has 1 heterocycles. The van der Waals surface area contributed by atoms with Gasteiger partial charge in [0.05, 0.1) is 5.54 Å². The maximum atomic E-state index is 10.4. The van der Waals surface area contributed by atoms with E-state index in [9.17, 15) is 5.11 Å². The summed E-state index contributed by atoms with van der Waals surface area (Å²) in [6.45, 7) is 4.71. The smallest absolute Gasteiger partial charge is 0.216 e. The lowest BCUT2D eigenvalue weighted by molar-refractivity contribution is 0.220. The summed E-state index contributed by atoms with van der Waals surface area (Å²) in [5.41, 5.74) is 2.55. The molecule has 1 N–H and O–H groups in total. The Labute approximate surface area is 124 Å². The van der Waals surface area contributed by atoms with Crippen molar-refractivity contribution in [3.8, 4) is 0 Å².